The molecule has 1 amide bonds. The van der Waals surface area contributed by atoms with Crippen molar-refractivity contribution >= 4 is 11.6 Å². The number of ether oxygens (including phenoxy) is 2. The number of carbonyl (C=O) groups is 1. The number of carbonyl (C=O) groups excluding carboxylic acids is 1. The summed E-state index contributed by atoms with van der Waals surface area (Å²) in [5.41, 5.74) is 1.55. The smallest absolute Gasteiger partial charge is 0.224 e. The van der Waals surface area contributed by atoms with Crippen LogP contribution in [-0.2, 0) is 4.79 Å². The average Bonchev–Trinajstić information content (AvgIpc) is 3.22. The van der Waals surface area contributed by atoms with Crippen LogP contribution in [-0.4, -0.2) is 39.3 Å². The molecule has 0 saturated carbocycles. The summed E-state index contributed by atoms with van der Waals surface area (Å²) in [4.78, 5) is 12.0. The molecule has 0 bridgehead atoms. The molecule has 0 spiro atoms. The molecule has 2 aromatic carbocycles. The third-order valence-corrected chi connectivity index (χ3v) is 3.72. The largest absolute Gasteiger partial charge is 0.494 e. The molecule has 0 radical (unpaired) electrons. The van der Waals surface area contributed by atoms with Crippen molar-refractivity contribution in [2.24, 2.45) is 0 Å². The fourth-order valence-electron chi connectivity index (χ4n) is 2.42. The highest BCUT2D eigenvalue weighted by Gasteiger charge is 2.04. The molecule has 0 aliphatic heterocycles. The van der Waals surface area contributed by atoms with Crippen molar-refractivity contribution < 1.29 is 14.3 Å². The Bertz CT molecular complexity index is 833. The third-order valence-electron chi connectivity index (χ3n) is 3.72. The van der Waals surface area contributed by atoms with Gasteiger partial charge < -0.3 is 14.8 Å². The Hall–Kier alpha value is -3.42. The first-order valence-corrected chi connectivity index (χ1v) is 8.73. The molecule has 0 unspecified atom stereocenters. The molecule has 3 aromatic rings. The van der Waals surface area contributed by atoms with E-state index in [9.17, 15) is 4.79 Å². The summed E-state index contributed by atoms with van der Waals surface area (Å²) in [5, 5.41) is 13.9. The van der Waals surface area contributed by atoms with Gasteiger partial charge in [0, 0.05) is 12.1 Å². The van der Waals surface area contributed by atoms with Crippen LogP contribution >= 0.6 is 0 Å². The van der Waals surface area contributed by atoms with Crippen LogP contribution in [0.4, 0.5) is 5.69 Å². The lowest BCUT2D eigenvalue weighted by atomic mass is 10.2. The number of benzene rings is 2. The Kier molecular flexibility index (Phi) is 6.35. The van der Waals surface area contributed by atoms with Crippen LogP contribution in [0.15, 0.2) is 54.9 Å². The molecular weight excluding hydrogens is 346 g/mol. The maximum atomic E-state index is 12.0. The van der Waals surface area contributed by atoms with E-state index in [-0.39, 0.29) is 5.91 Å². The predicted molar refractivity (Wildman–Crippen MR) is 100 cm³/mol. The van der Waals surface area contributed by atoms with Crippen molar-refractivity contribution in [2.75, 3.05) is 18.5 Å². The van der Waals surface area contributed by atoms with Gasteiger partial charge in [-0.05, 0) is 72.3 Å². The lowest BCUT2D eigenvalue weighted by Gasteiger charge is -2.08. The van der Waals surface area contributed by atoms with Gasteiger partial charge in [0.05, 0.1) is 18.9 Å². The second-order valence-corrected chi connectivity index (χ2v) is 5.71. The number of amides is 1. The minimum absolute atomic E-state index is 0.0551. The summed E-state index contributed by atoms with van der Waals surface area (Å²) in [6.45, 7) is 3.05. The Morgan fingerprint density at radius 2 is 1.74 bits per heavy atom. The quantitative estimate of drug-likeness (QED) is 0.585. The molecule has 8 nitrogen and oxygen atoms in total. The topological polar surface area (TPSA) is 91.2 Å². The normalized spacial score (nSPS) is 10.4. The Morgan fingerprint density at radius 1 is 1.04 bits per heavy atom. The van der Waals surface area contributed by atoms with Crippen LogP contribution in [0.1, 0.15) is 19.8 Å². The molecule has 27 heavy (non-hydrogen) atoms. The van der Waals surface area contributed by atoms with E-state index < -0.39 is 0 Å². The second kappa shape index (κ2) is 9.33. The predicted octanol–water partition coefficient (Wildman–Crippen LogP) is 2.86. The van der Waals surface area contributed by atoms with E-state index in [1.54, 1.807) is 4.68 Å². The van der Waals surface area contributed by atoms with E-state index in [4.69, 9.17) is 9.47 Å². The summed E-state index contributed by atoms with van der Waals surface area (Å²) in [5.74, 6) is 1.52. The highest BCUT2D eigenvalue weighted by molar-refractivity contribution is 5.90. The fourth-order valence-corrected chi connectivity index (χ4v) is 2.42. The SMILES string of the molecule is CCOc1ccc(OCCCC(=O)Nc2ccc(-n3cnnn3)cc2)cc1. The van der Waals surface area contributed by atoms with Gasteiger partial charge in [-0.3, -0.25) is 4.79 Å². The van der Waals surface area contributed by atoms with Gasteiger partial charge in [-0.25, -0.2) is 4.68 Å². The highest BCUT2D eigenvalue weighted by atomic mass is 16.5. The summed E-state index contributed by atoms with van der Waals surface area (Å²) < 4.78 is 12.6. The van der Waals surface area contributed by atoms with Crippen LogP contribution in [0, 0.1) is 0 Å². The first-order valence-electron chi connectivity index (χ1n) is 8.73. The molecular formula is C19H21N5O3. The van der Waals surface area contributed by atoms with Crippen molar-refractivity contribution in [2.45, 2.75) is 19.8 Å². The number of tetrazole rings is 1. The third kappa shape index (κ3) is 5.53. The first kappa shape index (κ1) is 18.4. The van der Waals surface area contributed by atoms with Crippen LogP contribution < -0.4 is 14.8 Å². The van der Waals surface area contributed by atoms with Crippen LogP contribution in [0.25, 0.3) is 5.69 Å². The summed E-state index contributed by atoms with van der Waals surface area (Å²) in [6.07, 6.45) is 2.52. The standard InChI is InChI=1S/C19H21N5O3/c1-2-26-17-9-11-18(12-10-17)27-13-3-4-19(25)21-15-5-7-16(8-6-15)24-14-20-22-23-24/h5-12,14H,2-4,13H2,1H3,(H,21,25). The molecule has 8 heteroatoms. The van der Waals surface area contributed by atoms with Crippen molar-refractivity contribution in [1.82, 2.24) is 20.2 Å². The molecule has 0 aliphatic rings. The minimum atomic E-state index is -0.0551. The van der Waals surface area contributed by atoms with E-state index in [1.807, 2.05) is 55.5 Å². The van der Waals surface area contributed by atoms with Crippen molar-refractivity contribution in [3.05, 3.63) is 54.9 Å². The summed E-state index contributed by atoms with van der Waals surface area (Å²) in [7, 11) is 0. The van der Waals surface area contributed by atoms with Gasteiger partial charge in [0.1, 0.15) is 17.8 Å². The van der Waals surface area contributed by atoms with E-state index in [0.717, 1.165) is 22.9 Å². The van der Waals surface area contributed by atoms with Crippen molar-refractivity contribution in [3.63, 3.8) is 0 Å². The van der Waals surface area contributed by atoms with Gasteiger partial charge in [-0.2, -0.15) is 0 Å². The molecule has 0 aliphatic carbocycles. The maximum absolute atomic E-state index is 12.0. The van der Waals surface area contributed by atoms with Gasteiger partial charge >= 0.3 is 0 Å². The van der Waals surface area contributed by atoms with E-state index in [1.165, 1.54) is 6.33 Å². The van der Waals surface area contributed by atoms with E-state index >= 15 is 0 Å². The van der Waals surface area contributed by atoms with Gasteiger partial charge in [0.25, 0.3) is 0 Å². The lowest BCUT2D eigenvalue weighted by Crippen LogP contribution is -2.12. The second-order valence-electron chi connectivity index (χ2n) is 5.71. The zero-order valence-corrected chi connectivity index (χ0v) is 15.0. The van der Waals surface area contributed by atoms with Crippen molar-refractivity contribution in [1.29, 1.82) is 0 Å². The number of rotatable bonds is 9. The molecule has 1 heterocycles. The molecule has 1 N–H and O–H groups in total. The van der Waals surface area contributed by atoms with Gasteiger partial charge in [0.2, 0.25) is 5.91 Å². The monoisotopic (exact) mass is 367 g/mol. The lowest BCUT2D eigenvalue weighted by molar-refractivity contribution is -0.116. The van der Waals surface area contributed by atoms with Crippen LogP contribution in [0.2, 0.25) is 0 Å². The minimum Gasteiger partial charge on any atom is -0.494 e. The average molecular weight is 367 g/mol. The number of nitrogens with one attached hydrogen (secondary N) is 1. The molecule has 0 saturated heterocycles. The van der Waals surface area contributed by atoms with Gasteiger partial charge in [-0.1, -0.05) is 0 Å². The molecule has 140 valence electrons. The Morgan fingerprint density at radius 3 is 2.37 bits per heavy atom. The number of hydrogen-bond acceptors (Lipinski definition) is 6. The Labute approximate surface area is 157 Å². The number of aromatic nitrogens is 4. The molecule has 1 aromatic heterocycles. The van der Waals surface area contributed by atoms with Gasteiger partial charge in [-0.15, -0.1) is 5.10 Å². The zero-order chi connectivity index (χ0) is 18.9. The summed E-state index contributed by atoms with van der Waals surface area (Å²) in [6, 6.07) is 14.7. The first-order chi connectivity index (χ1) is 13.2. The highest BCUT2D eigenvalue weighted by Crippen LogP contribution is 2.18. The van der Waals surface area contributed by atoms with Gasteiger partial charge in [0.15, 0.2) is 0 Å². The zero-order valence-electron chi connectivity index (χ0n) is 15.0. The maximum Gasteiger partial charge on any atom is 0.224 e. The van der Waals surface area contributed by atoms with E-state index in [2.05, 4.69) is 20.8 Å². The fraction of sp³-hybridized carbons (Fsp3) is 0.263. The molecule has 3 rings (SSSR count). The Balaban J connectivity index is 1.38. The number of anilines is 1. The van der Waals surface area contributed by atoms with E-state index in [0.29, 0.717) is 26.1 Å². The number of nitrogens with zero attached hydrogens (tertiary/aromatic N) is 4. The van der Waals surface area contributed by atoms with Crippen LogP contribution in [0.3, 0.4) is 0 Å². The summed E-state index contributed by atoms with van der Waals surface area (Å²) >= 11 is 0. The molecule has 0 atom stereocenters. The number of hydrogen-bond donors (Lipinski definition) is 1. The van der Waals surface area contributed by atoms with Crippen molar-refractivity contribution in [3.8, 4) is 17.2 Å². The molecule has 0 fully saturated rings. The van der Waals surface area contributed by atoms with Crippen LogP contribution in [0.5, 0.6) is 11.5 Å².